The van der Waals surface area contributed by atoms with Crippen molar-refractivity contribution >= 4 is 28.1 Å². The van der Waals surface area contributed by atoms with Gasteiger partial charge in [-0.3, -0.25) is 4.79 Å². The highest BCUT2D eigenvalue weighted by Crippen LogP contribution is 2.40. The molecule has 8 heteroatoms. The molecule has 45 heavy (non-hydrogen) atoms. The maximum absolute atomic E-state index is 12.6. The van der Waals surface area contributed by atoms with Crippen LogP contribution in [0.2, 0.25) is 0 Å². The van der Waals surface area contributed by atoms with Crippen molar-refractivity contribution in [2.24, 2.45) is 5.92 Å². The van der Waals surface area contributed by atoms with Gasteiger partial charge in [0.2, 0.25) is 11.8 Å². The lowest BCUT2D eigenvalue weighted by atomic mass is 9.87. The molecule has 6 rings (SSSR count). The van der Waals surface area contributed by atoms with Gasteiger partial charge in [0.05, 0.1) is 43.1 Å². The largest absolute Gasteiger partial charge is 0.476 e. The second kappa shape index (κ2) is 13.0. The fourth-order valence-corrected chi connectivity index (χ4v) is 7.40. The molecule has 1 aliphatic carbocycles. The highest BCUT2D eigenvalue weighted by molar-refractivity contribution is 5.97. The third-order valence-corrected chi connectivity index (χ3v) is 9.60. The SMILES string of the molecule is C=CC(=O)N1CCN(c2c(C#N)c(OCC3CCCC(=C)C3)nc3c2CCN(c2cccc4cccc(C)c24)C3)C[C@@H]1CC#N. The van der Waals surface area contributed by atoms with Crippen LogP contribution in [-0.2, 0) is 17.8 Å². The molecule has 2 fully saturated rings. The molecule has 0 N–H and O–H groups in total. The van der Waals surface area contributed by atoms with Crippen molar-refractivity contribution in [3.63, 3.8) is 0 Å². The van der Waals surface area contributed by atoms with Crippen molar-refractivity contribution < 1.29 is 9.53 Å². The first-order valence-corrected chi connectivity index (χ1v) is 15.9. The van der Waals surface area contributed by atoms with E-state index in [-0.39, 0.29) is 18.4 Å². The second-order valence-corrected chi connectivity index (χ2v) is 12.5. The molecule has 0 bridgehead atoms. The van der Waals surface area contributed by atoms with Crippen LogP contribution in [0.5, 0.6) is 5.88 Å². The molecule has 3 aliphatic rings. The zero-order valence-electron chi connectivity index (χ0n) is 26.1. The van der Waals surface area contributed by atoms with Crippen molar-refractivity contribution in [1.82, 2.24) is 9.88 Å². The molecule has 2 atom stereocenters. The molecule has 1 aromatic heterocycles. The molecule has 230 valence electrons. The molecular formula is C37H40N6O2. The summed E-state index contributed by atoms with van der Waals surface area (Å²) < 4.78 is 6.44. The Morgan fingerprint density at radius 3 is 2.71 bits per heavy atom. The van der Waals surface area contributed by atoms with Gasteiger partial charge in [-0.25, -0.2) is 4.98 Å². The zero-order chi connectivity index (χ0) is 31.5. The molecule has 2 aromatic carbocycles. The molecule has 0 spiro atoms. The predicted octanol–water partition coefficient (Wildman–Crippen LogP) is 6.22. The lowest BCUT2D eigenvalue weighted by Crippen LogP contribution is -2.55. The number of hydrogen-bond donors (Lipinski definition) is 0. The molecule has 3 aromatic rings. The third-order valence-electron chi connectivity index (χ3n) is 9.60. The third kappa shape index (κ3) is 5.98. The average Bonchev–Trinajstić information content (AvgIpc) is 3.06. The van der Waals surface area contributed by atoms with E-state index in [2.05, 4.69) is 78.4 Å². The summed E-state index contributed by atoms with van der Waals surface area (Å²) in [6, 6.07) is 17.2. The number of carbonyl (C=O) groups excluding carboxylic acids is 1. The Bertz CT molecular complexity index is 1730. The number of piperazine rings is 1. The van der Waals surface area contributed by atoms with Crippen molar-refractivity contribution in [3.8, 4) is 18.0 Å². The van der Waals surface area contributed by atoms with Crippen LogP contribution < -0.4 is 14.5 Å². The molecule has 0 radical (unpaired) electrons. The van der Waals surface area contributed by atoms with E-state index in [9.17, 15) is 15.3 Å². The topological polar surface area (TPSA) is 96.5 Å². The van der Waals surface area contributed by atoms with E-state index in [0.717, 1.165) is 49.2 Å². The van der Waals surface area contributed by atoms with Crippen molar-refractivity contribution in [1.29, 1.82) is 10.5 Å². The zero-order valence-corrected chi connectivity index (χ0v) is 26.1. The Balaban J connectivity index is 1.40. The van der Waals surface area contributed by atoms with Gasteiger partial charge in [-0.05, 0) is 68.0 Å². The number of pyridine rings is 1. The number of amides is 1. The monoisotopic (exact) mass is 600 g/mol. The van der Waals surface area contributed by atoms with Crippen LogP contribution in [-0.4, -0.2) is 54.6 Å². The summed E-state index contributed by atoms with van der Waals surface area (Å²) in [5.41, 5.74) is 6.91. The number of nitriles is 2. The van der Waals surface area contributed by atoms with Crippen LogP contribution in [0.15, 0.2) is 61.2 Å². The van der Waals surface area contributed by atoms with Crippen LogP contribution >= 0.6 is 0 Å². The maximum atomic E-state index is 12.6. The average molecular weight is 601 g/mol. The van der Waals surface area contributed by atoms with E-state index in [1.807, 2.05) is 0 Å². The Morgan fingerprint density at radius 2 is 1.96 bits per heavy atom. The van der Waals surface area contributed by atoms with Crippen LogP contribution in [0.4, 0.5) is 11.4 Å². The summed E-state index contributed by atoms with van der Waals surface area (Å²) in [7, 11) is 0. The molecule has 2 aliphatic heterocycles. The Kier molecular flexibility index (Phi) is 8.76. The quantitative estimate of drug-likeness (QED) is 0.235. The van der Waals surface area contributed by atoms with Crippen LogP contribution in [0.25, 0.3) is 10.8 Å². The van der Waals surface area contributed by atoms with Gasteiger partial charge in [-0.15, -0.1) is 0 Å². The Labute approximate surface area is 265 Å². The number of aryl methyl sites for hydroxylation is 1. The number of nitrogens with zero attached hydrogens (tertiary/aromatic N) is 6. The predicted molar refractivity (Wildman–Crippen MR) is 177 cm³/mol. The van der Waals surface area contributed by atoms with Gasteiger partial charge < -0.3 is 19.4 Å². The summed E-state index contributed by atoms with van der Waals surface area (Å²) in [4.78, 5) is 24.0. The molecular weight excluding hydrogens is 560 g/mol. The summed E-state index contributed by atoms with van der Waals surface area (Å²) in [5, 5.41) is 22.6. The number of fused-ring (bicyclic) bond motifs is 2. The fourth-order valence-electron chi connectivity index (χ4n) is 7.40. The van der Waals surface area contributed by atoms with E-state index in [4.69, 9.17) is 9.72 Å². The number of hydrogen-bond acceptors (Lipinski definition) is 7. The number of benzene rings is 2. The van der Waals surface area contributed by atoms with Crippen LogP contribution in [0.3, 0.4) is 0 Å². The number of ether oxygens (including phenoxy) is 1. The summed E-state index contributed by atoms with van der Waals surface area (Å²) in [6.07, 6.45) is 6.40. The lowest BCUT2D eigenvalue weighted by Gasteiger charge is -2.43. The Morgan fingerprint density at radius 1 is 1.13 bits per heavy atom. The second-order valence-electron chi connectivity index (χ2n) is 12.5. The van der Waals surface area contributed by atoms with Gasteiger partial charge in [0.25, 0.3) is 0 Å². The van der Waals surface area contributed by atoms with Crippen molar-refractivity contribution in [2.45, 2.75) is 58.0 Å². The van der Waals surface area contributed by atoms with E-state index < -0.39 is 0 Å². The van der Waals surface area contributed by atoms with Crippen molar-refractivity contribution in [3.05, 3.63) is 83.6 Å². The normalized spacial score (nSPS) is 19.9. The summed E-state index contributed by atoms with van der Waals surface area (Å²) >= 11 is 0. The number of rotatable bonds is 7. The van der Waals surface area contributed by atoms with E-state index in [0.29, 0.717) is 56.6 Å². The summed E-state index contributed by atoms with van der Waals surface area (Å²) in [5.74, 6) is 0.550. The van der Waals surface area contributed by atoms with Gasteiger partial charge in [-0.2, -0.15) is 10.5 Å². The van der Waals surface area contributed by atoms with E-state index in [1.165, 1.54) is 33.7 Å². The van der Waals surface area contributed by atoms with Crippen LogP contribution in [0, 0.1) is 35.5 Å². The molecule has 1 saturated heterocycles. The minimum Gasteiger partial charge on any atom is -0.476 e. The molecule has 1 saturated carbocycles. The number of allylic oxidation sites excluding steroid dienone is 1. The van der Waals surface area contributed by atoms with Gasteiger partial charge in [0.15, 0.2) is 0 Å². The highest BCUT2D eigenvalue weighted by Gasteiger charge is 2.35. The minimum atomic E-state index is -0.305. The standard InChI is InChI=1S/C37H40N6O2/c1-4-34(44)43-19-18-42(22-29(43)14-16-38)36-30-15-17-41(33-13-7-12-28-11-6-9-26(3)35(28)33)23-32(30)40-37(31(36)21-39)45-24-27-10-5-8-25(2)20-27/h4,6-7,9,11-13,27,29H,1-2,5,8,10,14-15,17-20,22-24H2,3H3/t27?,29-/m0/s1. The fraction of sp³-hybridized carbons (Fsp3) is 0.405. The van der Waals surface area contributed by atoms with Gasteiger partial charge >= 0.3 is 0 Å². The summed E-state index contributed by atoms with van der Waals surface area (Å²) in [6.45, 7) is 13.3. The minimum absolute atomic E-state index is 0.175. The molecule has 8 nitrogen and oxygen atoms in total. The number of carbonyl (C=O) groups is 1. The van der Waals surface area contributed by atoms with Crippen molar-refractivity contribution in [2.75, 3.05) is 42.6 Å². The maximum Gasteiger partial charge on any atom is 0.246 e. The first-order chi connectivity index (χ1) is 21.9. The smallest absolute Gasteiger partial charge is 0.246 e. The first kappa shape index (κ1) is 30.2. The molecule has 3 heterocycles. The first-order valence-electron chi connectivity index (χ1n) is 15.9. The molecule has 1 unspecified atom stereocenters. The van der Waals surface area contributed by atoms with Gasteiger partial charge in [0, 0.05) is 42.8 Å². The van der Waals surface area contributed by atoms with E-state index in [1.54, 1.807) is 4.90 Å². The highest BCUT2D eigenvalue weighted by atomic mass is 16.5. The lowest BCUT2D eigenvalue weighted by molar-refractivity contribution is -0.128. The van der Waals surface area contributed by atoms with Gasteiger partial charge in [0.1, 0.15) is 11.6 Å². The van der Waals surface area contributed by atoms with Gasteiger partial charge in [-0.1, -0.05) is 49.1 Å². The van der Waals surface area contributed by atoms with E-state index >= 15 is 0 Å². The number of aromatic nitrogens is 1. The van der Waals surface area contributed by atoms with Crippen LogP contribution in [0.1, 0.15) is 54.5 Å². The Hall–Kier alpha value is -4.82. The number of anilines is 2. The molecule has 1 amide bonds.